The first-order valence-corrected chi connectivity index (χ1v) is 7.35. The Morgan fingerprint density at radius 3 is 2.42 bits per heavy atom. The van der Waals surface area contributed by atoms with E-state index in [0.29, 0.717) is 11.3 Å². The normalized spacial score (nSPS) is 11.5. The third-order valence-electron chi connectivity index (χ3n) is 3.40. The van der Waals surface area contributed by atoms with Gasteiger partial charge in [-0.05, 0) is 38.1 Å². The average molecular weight is 328 g/mol. The smallest absolute Gasteiger partial charge is 0.254 e. The number of nitrogens with one attached hydrogen (secondary N) is 2. The number of ketones is 1. The van der Waals surface area contributed by atoms with Crippen LogP contribution in [0.15, 0.2) is 48.5 Å². The molecule has 2 amide bonds. The lowest BCUT2D eigenvalue weighted by Gasteiger charge is -2.14. The Morgan fingerprint density at radius 2 is 1.75 bits per heavy atom. The molecule has 0 aromatic heterocycles. The second-order valence-corrected chi connectivity index (χ2v) is 5.30. The first-order valence-electron chi connectivity index (χ1n) is 7.35. The van der Waals surface area contributed by atoms with E-state index in [1.807, 2.05) is 0 Å². The Hall–Kier alpha value is -3.02. The molecule has 0 bridgehead atoms. The first-order chi connectivity index (χ1) is 11.4. The van der Waals surface area contributed by atoms with Gasteiger partial charge in [0.05, 0.1) is 5.56 Å². The molecule has 5 nitrogen and oxygen atoms in total. The highest BCUT2D eigenvalue weighted by Gasteiger charge is 2.18. The molecule has 24 heavy (non-hydrogen) atoms. The van der Waals surface area contributed by atoms with Gasteiger partial charge in [-0.15, -0.1) is 0 Å². The molecule has 0 saturated heterocycles. The summed E-state index contributed by atoms with van der Waals surface area (Å²) in [6.45, 7) is 2.92. The van der Waals surface area contributed by atoms with Gasteiger partial charge in [-0.1, -0.05) is 24.3 Å². The predicted octanol–water partition coefficient (Wildman–Crippen LogP) is 2.79. The zero-order valence-corrected chi connectivity index (χ0v) is 13.3. The Balaban J connectivity index is 2.02. The van der Waals surface area contributed by atoms with Gasteiger partial charge in [0.15, 0.2) is 5.78 Å². The fourth-order valence-corrected chi connectivity index (χ4v) is 2.05. The maximum atomic E-state index is 13.6. The van der Waals surface area contributed by atoms with Crippen LogP contribution >= 0.6 is 0 Å². The van der Waals surface area contributed by atoms with Gasteiger partial charge in [-0.2, -0.15) is 0 Å². The van der Waals surface area contributed by atoms with Crippen molar-refractivity contribution in [1.82, 2.24) is 5.32 Å². The van der Waals surface area contributed by atoms with E-state index >= 15 is 0 Å². The second-order valence-electron chi connectivity index (χ2n) is 5.30. The van der Waals surface area contributed by atoms with Crippen molar-refractivity contribution in [3.05, 3.63) is 65.5 Å². The van der Waals surface area contributed by atoms with Crippen molar-refractivity contribution >= 4 is 23.3 Å². The lowest BCUT2D eigenvalue weighted by Crippen LogP contribution is -2.41. The summed E-state index contributed by atoms with van der Waals surface area (Å²) in [6, 6.07) is 11.1. The van der Waals surface area contributed by atoms with E-state index in [4.69, 9.17) is 0 Å². The fraction of sp³-hybridized carbons (Fsp3) is 0.167. The number of amides is 2. The molecule has 0 heterocycles. The molecular formula is C18H17FN2O3. The van der Waals surface area contributed by atoms with E-state index in [1.165, 1.54) is 38.1 Å². The van der Waals surface area contributed by atoms with E-state index in [1.54, 1.807) is 24.3 Å². The highest BCUT2D eigenvalue weighted by atomic mass is 19.1. The molecule has 124 valence electrons. The molecule has 2 N–H and O–H groups in total. The molecule has 6 heteroatoms. The molecule has 0 saturated carbocycles. The standard InChI is InChI=1S/C18H17FN2O3/c1-11(20-18(24)15-8-3-4-9-16(15)19)17(23)21-14-7-5-6-13(10-14)12(2)22/h3-11H,1-2H3,(H,20,24)(H,21,23). The Morgan fingerprint density at radius 1 is 1.04 bits per heavy atom. The van der Waals surface area contributed by atoms with Crippen molar-refractivity contribution in [1.29, 1.82) is 0 Å². The summed E-state index contributed by atoms with van der Waals surface area (Å²) in [5.74, 6) is -1.92. The molecule has 2 aromatic rings. The van der Waals surface area contributed by atoms with Crippen LogP contribution in [-0.2, 0) is 4.79 Å². The zero-order valence-electron chi connectivity index (χ0n) is 13.3. The van der Waals surface area contributed by atoms with E-state index in [0.717, 1.165) is 0 Å². The summed E-state index contributed by atoms with van der Waals surface area (Å²) in [5.41, 5.74) is 0.784. The molecule has 0 aliphatic rings. The van der Waals surface area contributed by atoms with Gasteiger partial charge < -0.3 is 10.6 Å². The van der Waals surface area contributed by atoms with Crippen LogP contribution in [0.2, 0.25) is 0 Å². The van der Waals surface area contributed by atoms with Gasteiger partial charge in [-0.3, -0.25) is 14.4 Å². The number of anilines is 1. The van der Waals surface area contributed by atoms with Crippen LogP contribution in [0.4, 0.5) is 10.1 Å². The largest absolute Gasteiger partial charge is 0.340 e. The third kappa shape index (κ3) is 4.25. The van der Waals surface area contributed by atoms with E-state index in [9.17, 15) is 18.8 Å². The van der Waals surface area contributed by atoms with Crippen LogP contribution in [0.5, 0.6) is 0 Å². The van der Waals surface area contributed by atoms with Gasteiger partial charge in [0.1, 0.15) is 11.9 Å². The monoisotopic (exact) mass is 328 g/mol. The van der Waals surface area contributed by atoms with Gasteiger partial charge in [0.2, 0.25) is 5.91 Å². The molecule has 1 unspecified atom stereocenters. The molecule has 0 spiro atoms. The fourth-order valence-electron chi connectivity index (χ4n) is 2.05. The van der Waals surface area contributed by atoms with Gasteiger partial charge in [-0.25, -0.2) is 4.39 Å². The first kappa shape index (κ1) is 17.3. The highest BCUT2D eigenvalue weighted by molar-refractivity contribution is 6.02. The Bertz CT molecular complexity index is 789. The summed E-state index contributed by atoms with van der Waals surface area (Å²) in [4.78, 5) is 35.5. The number of hydrogen-bond acceptors (Lipinski definition) is 3. The van der Waals surface area contributed by atoms with Crippen LogP contribution in [0.3, 0.4) is 0 Å². The summed E-state index contributed by atoms with van der Waals surface area (Å²) >= 11 is 0. The number of rotatable bonds is 5. The van der Waals surface area contributed by atoms with Crippen molar-refractivity contribution in [3.63, 3.8) is 0 Å². The van der Waals surface area contributed by atoms with Crippen LogP contribution in [0.25, 0.3) is 0 Å². The van der Waals surface area contributed by atoms with Gasteiger partial charge >= 0.3 is 0 Å². The summed E-state index contributed by atoms with van der Waals surface area (Å²) < 4.78 is 13.6. The van der Waals surface area contributed by atoms with Crippen LogP contribution in [0, 0.1) is 5.82 Å². The number of carbonyl (C=O) groups is 3. The molecule has 2 aromatic carbocycles. The van der Waals surface area contributed by atoms with Gasteiger partial charge in [0, 0.05) is 11.3 Å². The van der Waals surface area contributed by atoms with Crippen molar-refractivity contribution < 1.29 is 18.8 Å². The number of benzene rings is 2. The topological polar surface area (TPSA) is 75.3 Å². The Kier molecular flexibility index (Phi) is 5.42. The molecule has 0 aliphatic carbocycles. The van der Waals surface area contributed by atoms with Crippen molar-refractivity contribution in [2.75, 3.05) is 5.32 Å². The average Bonchev–Trinajstić information content (AvgIpc) is 2.55. The number of hydrogen-bond donors (Lipinski definition) is 2. The van der Waals surface area contributed by atoms with Crippen molar-refractivity contribution in [2.24, 2.45) is 0 Å². The van der Waals surface area contributed by atoms with Crippen LogP contribution in [-0.4, -0.2) is 23.6 Å². The highest BCUT2D eigenvalue weighted by Crippen LogP contribution is 2.12. The quantitative estimate of drug-likeness (QED) is 0.829. The molecular weight excluding hydrogens is 311 g/mol. The van der Waals surface area contributed by atoms with Crippen LogP contribution in [0.1, 0.15) is 34.6 Å². The zero-order chi connectivity index (χ0) is 17.7. The lowest BCUT2D eigenvalue weighted by atomic mass is 10.1. The maximum absolute atomic E-state index is 13.6. The lowest BCUT2D eigenvalue weighted by molar-refractivity contribution is -0.117. The summed E-state index contributed by atoms with van der Waals surface area (Å²) in [6.07, 6.45) is 0. The third-order valence-corrected chi connectivity index (χ3v) is 3.40. The van der Waals surface area contributed by atoms with E-state index < -0.39 is 23.7 Å². The van der Waals surface area contributed by atoms with Crippen molar-refractivity contribution in [2.45, 2.75) is 19.9 Å². The molecule has 0 aliphatic heterocycles. The van der Waals surface area contributed by atoms with E-state index in [-0.39, 0.29) is 11.3 Å². The number of halogens is 1. The minimum Gasteiger partial charge on any atom is -0.340 e. The SMILES string of the molecule is CC(=O)c1cccc(NC(=O)C(C)NC(=O)c2ccccc2F)c1. The summed E-state index contributed by atoms with van der Waals surface area (Å²) in [7, 11) is 0. The second kappa shape index (κ2) is 7.50. The van der Waals surface area contributed by atoms with Gasteiger partial charge in [0.25, 0.3) is 5.91 Å². The molecule has 0 fully saturated rings. The molecule has 2 rings (SSSR count). The van der Waals surface area contributed by atoms with Crippen molar-refractivity contribution in [3.8, 4) is 0 Å². The summed E-state index contributed by atoms with van der Waals surface area (Å²) in [5, 5.41) is 5.05. The number of Topliss-reactive ketones (excluding diaryl/α,β-unsaturated/α-hetero) is 1. The predicted molar refractivity (Wildman–Crippen MR) is 88.4 cm³/mol. The minimum absolute atomic E-state index is 0.119. The Labute approximate surface area is 138 Å². The minimum atomic E-state index is -0.877. The molecule has 1 atom stereocenters. The number of carbonyl (C=O) groups excluding carboxylic acids is 3. The molecule has 0 radical (unpaired) electrons. The van der Waals surface area contributed by atoms with E-state index in [2.05, 4.69) is 10.6 Å². The van der Waals surface area contributed by atoms with Crippen LogP contribution < -0.4 is 10.6 Å². The maximum Gasteiger partial charge on any atom is 0.254 e.